The molecule has 0 saturated heterocycles. The molecule has 0 radical (unpaired) electrons. The van der Waals surface area contributed by atoms with Crippen LogP contribution >= 0.6 is 0 Å². The normalized spacial score (nSPS) is 10.1. The average molecular weight is 194 g/mol. The number of para-hydroxylation sites is 1. The monoisotopic (exact) mass is 194 g/mol. The van der Waals surface area contributed by atoms with E-state index in [1.165, 1.54) is 5.56 Å². The van der Waals surface area contributed by atoms with Gasteiger partial charge in [0, 0.05) is 13.1 Å². The molecule has 0 atom stereocenters. The molecular weight excluding hydrogens is 176 g/mol. The van der Waals surface area contributed by atoms with Gasteiger partial charge in [0.25, 0.3) is 0 Å². The van der Waals surface area contributed by atoms with Gasteiger partial charge in [0.15, 0.2) is 0 Å². The summed E-state index contributed by atoms with van der Waals surface area (Å²) < 4.78 is 5.25. The highest BCUT2D eigenvalue weighted by Crippen LogP contribution is 2.16. The number of nitrogens with one attached hydrogen (secondary N) is 1. The average Bonchev–Trinajstić information content (AvgIpc) is 2.25. The molecule has 0 unspecified atom stereocenters. The minimum atomic E-state index is 0.686. The van der Waals surface area contributed by atoms with Gasteiger partial charge in [-0.2, -0.15) is 0 Å². The topological polar surface area (TPSA) is 47.3 Å². The van der Waals surface area contributed by atoms with Crippen LogP contribution in [0.2, 0.25) is 0 Å². The summed E-state index contributed by atoms with van der Waals surface area (Å²) in [7, 11) is 1.70. The lowest BCUT2D eigenvalue weighted by molar-refractivity contribution is 0.409. The molecule has 1 aromatic carbocycles. The van der Waals surface area contributed by atoms with Crippen LogP contribution < -0.4 is 15.8 Å². The maximum Gasteiger partial charge on any atom is 0.122 e. The summed E-state index contributed by atoms with van der Waals surface area (Å²) in [5.74, 6) is 0.960. The molecule has 0 aliphatic rings. The zero-order chi connectivity index (χ0) is 10.2. The first-order valence-corrected chi connectivity index (χ1v) is 4.91. The van der Waals surface area contributed by atoms with Crippen molar-refractivity contribution in [2.75, 3.05) is 26.7 Å². The van der Waals surface area contributed by atoms with E-state index in [0.717, 1.165) is 25.3 Å². The van der Waals surface area contributed by atoms with Crippen LogP contribution in [-0.2, 0) is 6.42 Å². The van der Waals surface area contributed by atoms with Crippen molar-refractivity contribution in [3.8, 4) is 5.75 Å². The van der Waals surface area contributed by atoms with Crippen LogP contribution in [0.25, 0.3) is 0 Å². The van der Waals surface area contributed by atoms with E-state index in [9.17, 15) is 0 Å². The maximum atomic E-state index is 5.38. The van der Waals surface area contributed by atoms with E-state index in [1.54, 1.807) is 7.11 Å². The van der Waals surface area contributed by atoms with E-state index in [0.29, 0.717) is 6.54 Å². The Morgan fingerprint density at radius 1 is 1.29 bits per heavy atom. The highest BCUT2D eigenvalue weighted by atomic mass is 16.5. The van der Waals surface area contributed by atoms with Gasteiger partial charge < -0.3 is 15.8 Å². The molecule has 0 aliphatic heterocycles. The maximum absolute atomic E-state index is 5.38. The Bertz CT molecular complexity index is 263. The predicted molar refractivity (Wildman–Crippen MR) is 58.6 cm³/mol. The SMILES string of the molecule is COc1ccccc1CCNCCN. The summed E-state index contributed by atoms with van der Waals surface area (Å²) in [4.78, 5) is 0. The third kappa shape index (κ3) is 3.36. The van der Waals surface area contributed by atoms with Crippen LogP contribution in [0.5, 0.6) is 5.75 Å². The minimum Gasteiger partial charge on any atom is -0.496 e. The molecule has 14 heavy (non-hydrogen) atoms. The third-order valence-electron chi connectivity index (χ3n) is 2.08. The van der Waals surface area contributed by atoms with Crippen molar-refractivity contribution in [3.05, 3.63) is 29.8 Å². The molecule has 3 N–H and O–H groups in total. The molecule has 0 aromatic heterocycles. The van der Waals surface area contributed by atoms with Crippen LogP contribution in [0, 0.1) is 0 Å². The molecule has 1 aromatic rings. The highest BCUT2D eigenvalue weighted by molar-refractivity contribution is 5.33. The number of hydrogen-bond acceptors (Lipinski definition) is 3. The van der Waals surface area contributed by atoms with Crippen LogP contribution in [-0.4, -0.2) is 26.7 Å². The summed E-state index contributed by atoms with van der Waals surface area (Å²) in [6.45, 7) is 2.50. The summed E-state index contributed by atoms with van der Waals surface area (Å²) in [6, 6.07) is 8.08. The summed E-state index contributed by atoms with van der Waals surface area (Å²) in [6.07, 6.45) is 0.976. The van der Waals surface area contributed by atoms with Gasteiger partial charge >= 0.3 is 0 Å². The molecule has 78 valence electrons. The molecule has 3 nitrogen and oxygen atoms in total. The van der Waals surface area contributed by atoms with Gasteiger partial charge in [0.05, 0.1) is 7.11 Å². The zero-order valence-corrected chi connectivity index (χ0v) is 8.62. The number of hydrogen-bond donors (Lipinski definition) is 2. The Labute approximate surface area is 85.3 Å². The second-order valence-corrected chi connectivity index (χ2v) is 3.10. The van der Waals surface area contributed by atoms with E-state index in [-0.39, 0.29) is 0 Å². The molecule has 0 bridgehead atoms. The quantitative estimate of drug-likeness (QED) is 0.658. The van der Waals surface area contributed by atoms with Crippen LogP contribution in [0.4, 0.5) is 0 Å². The van der Waals surface area contributed by atoms with Crippen molar-refractivity contribution >= 4 is 0 Å². The molecule has 0 fully saturated rings. The lowest BCUT2D eigenvalue weighted by Gasteiger charge is -2.08. The van der Waals surface area contributed by atoms with Crippen LogP contribution in [0.15, 0.2) is 24.3 Å². The van der Waals surface area contributed by atoms with Gasteiger partial charge in [0.2, 0.25) is 0 Å². The van der Waals surface area contributed by atoms with E-state index in [1.807, 2.05) is 18.2 Å². The fourth-order valence-corrected chi connectivity index (χ4v) is 1.36. The van der Waals surface area contributed by atoms with Gasteiger partial charge in [-0.3, -0.25) is 0 Å². The van der Waals surface area contributed by atoms with Gasteiger partial charge in [-0.05, 0) is 24.6 Å². The second kappa shape index (κ2) is 6.40. The molecule has 0 aliphatic carbocycles. The van der Waals surface area contributed by atoms with E-state index in [4.69, 9.17) is 10.5 Å². The van der Waals surface area contributed by atoms with Crippen molar-refractivity contribution in [2.24, 2.45) is 5.73 Å². The standard InChI is InChI=1S/C11H18N2O/c1-14-11-5-3-2-4-10(11)6-8-13-9-7-12/h2-5,13H,6-9,12H2,1H3. The minimum absolute atomic E-state index is 0.686. The first kappa shape index (κ1) is 11.0. The number of benzene rings is 1. The number of methoxy groups -OCH3 is 1. The molecule has 0 amide bonds. The largest absolute Gasteiger partial charge is 0.496 e. The van der Waals surface area contributed by atoms with Crippen molar-refractivity contribution in [3.63, 3.8) is 0 Å². The molecule has 0 heterocycles. The van der Waals surface area contributed by atoms with Gasteiger partial charge in [-0.15, -0.1) is 0 Å². The summed E-state index contributed by atoms with van der Waals surface area (Å²) >= 11 is 0. The fraction of sp³-hybridized carbons (Fsp3) is 0.455. The Balaban J connectivity index is 2.41. The lowest BCUT2D eigenvalue weighted by atomic mass is 10.1. The van der Waals surface area contributed by atoms with Crippen molar-refractivity contribution in [2.45, 2.75) is 6.42 Å². The Morgan fingerprint density at radius 3 is 2.79 bits per heavy atom. The van der Waals surface area contributed by atoms with Crippen LogP contribution in [0.3, 0.4) is 0 Å². The van der Waals surface area contributed by atoms with Gasteiger partial charge in [0.1, 0.15) is 5.75 Å². The van der Waals surface area contributed by atoms with Crippen molar-refractivity contribution in [1.82, 2.24) is 5.32 Å². The molecule has 3 heteroatoms. The van der Waals surface area contributed by atoms with E-state index >= 15 is 0 Å². The zero-order valence-electron chi connectivity index (χ0n) is 8.62. The smallest absolute Gasteiger partial charge is 0.122 e. The Morgan fingerprint density at radius 2 is 2.07 bits per heavy atom. The van der Waals surface area contributed by atoms with Crippen LogP contribution in [0.1, 0.15) is 5.56 Å². The van der Waals surface area contributed by atoms with E-state index in [2.05, 4.69) is 11.4 Å². The van der Waals surface area contributed by atoms with Crippen molar-refractivity contribution in [1.29, 1.82) is 0 Å². The number of rotatable bonds is 6. The molecule has 0 saturated carbocycles. The Hall–Kier alpha value is -1.06. The number of ether oxygens (including phenoxy) is 1. The second-order valence-electron chi connectivity index (χ2n) is 3.10. The molecular formula is C11H18N2O. The number of nitrogens with two attached hydrogens (primary N) is 1. The lowest BCUT2D eigenvalue weighted by Crippen LogP contribution is -2.24. The highest BCUT2D eigenvalue weighted by Gasteiger charge is 1.99. The third-order valence-corrected chi connectivity index (χ3v) is 2.08. The van der Waals surface area contributed by atoms with Gasteiger partial charge in [-0.25, -0.2) is 0 Å². The van der Waals surface area contributed by atoms with E-state index < -0.39 is 0 Å². The predicted octanol–water partition coefficient (Wildman–Crippen LogP) is 0.786. The first-order valence-electron chi connectivity index (χ1n) is 4.91. The fourth-order valence-electron chi connectivity index (χ4n) is 1.36. The first-order chi connectivity index (χ1) is 6.88. The van der Waals surface area contributed by atoms with Gasteiger partial charge in [-0.1, -0.05) is 18.2 Å². The Kier molecular flexibility index (Phi) is 5.04. The van der Waals surface area contributed by atoms with Crippen molar-refractivity contribution < 1.29 is 4.74 Å². The molecule has 1 rings (SSSR count). The molecule has 0 spiro atoms. The summed E-state index contributed by atoms with van der Waals surface area (Å²) in [5, 5.41) is 3.25. The summed E-state index contributed by atoms with van der Waals surface area (Å²) in [5.41, 5.74) is 6.61.